The lowest BCUT2D eigenvalue weighted by atomic mass is 9.86. The molecule has 0 radical (unpaired) electrons. The van der Waals surface area contributed by atoms with Gasteiger partial charge in [0.15, 0.2) is 0 Å². The number of nitriles is 1. The summed E-state index contributed by atoms with van der Waals surface area (Å²) in [5, 5.41) is 9.24. The molecule has 0 bridgehead atoms. The van der Waals surface area contributed by atoms with E-state index >= 15 is 0 Å². The van der Waals surface area contributed by atoms with Gasteiger partial charge in [-0.25, -0.2) is 9.18 Å². The molecule has 1 unspecified atom stereocenters. The van der Waals surface area contributed by atoms with Gasteiger partial charge in [-0.15, -0.1) is 0 Å². The minimum absolute atomic E-state index is 0.120. The number of amides is 2. The van der Waals surface area contributed by atoms with Crippen molar-refractivity contribution in [2.75, 3.05) is 24.5 Å². The van der Waals surface area contributed by atoms with E-state index in [9.17, 15) is 14.4 Å². The Balaban J connectivity index is 1.70. The Morgan fingerprint density at radius 3 is 2.60 bits per heavy atom. The Labute approximate surface area is 148 Å². The summed E-state index contributed by atoms with van der Waals surface area (Å²) in [5.74, 6) is -0.0493. The molecule has 0 aromatic heterocycles. The van der Waals surface area contributed by atoms with Gasteiger partial charge in [-0.3, -0.25) is 0 Å². The monoisotopic (exact) mass is 344 g/mol. The molecule has 2 aliphatic heterocycles. The van der Waals surface area contributed by atoms with Crippen molar-refractivity contribution in [1.29, 1.82) is 5.26 Å². The Hall–Kier alpha value is -2.29. The topological polar surface area (TPSA) is 73.4 Å². The first-order chi connectivity index (χ1) is 12.1. The SMILES string of the molecule is N#Cc1c(F)cccc1N1CCC(C2CCCCCN2C(N)=O)CC1. The van der Waals surface area contributed by atoms with E-state index in [2.05, 4.69) is 4.90 Å². The predicted octanol–water partition coefficient (Wildman–Crippen LogP) is 3.24. The van der Waals surface area contributed by atoms with Crippen LogP contribution in [0.3, 0.4) is 0 Å². The molecule has 25 heavy (non-hydrogen) atoms. The third kappa shape index (κ3) is 3.71. The molecule has 1 aromatic carbocycles. The van der Waals surface area contributed by atoms with Crippen LogP contribution in [0, 0.1) is 23.1 Å². The molecule has 0 spiro atoms. The number of primary amides is 1. The zero-order chi connectivity index (χ0) is 17.8. The molecule has 1 atom stereocenters. The second kappa shape index (κ2) is 7.73. The quantitative estimate of drug-likeness (QED) is 0.895. The first-order valence-electron chi connectivity index (χ1n) is 9.11. The van der Waals surface area contributed by atoms with Crippen LogP contribution >= 0.6 is 0 Å². The Bertz CT molecular complexity index is 664. The van der Waals surface area contributed by atoms with Gasteiger partial charge in [-0.2, -0.15) is 5.26 Å². The summed E-state index contributed by atoms with van der Waals surface area (Å²) in [5.41, 5.74) is 6.40. The second-order valence-corrected chi connectivity index (χ2v) is 7.02. The number of hydrogen-bond donors (Lipinski definition) is 1. The minimum Gasteiger partial charge on any atom is -0.370 e. The largest absolute Gasteiger partial charge is 0.370 e. The number of nitrogens with two attached hydrogens (primary N) is 1. The van der Waals surface area contributed by atoms with Crippen molar-refractivity contribution in [3.8, 4) is 6.07 Å². The number of anilines is 1. The molecular weight excluding hydrogens is 319 g/mol. The Morgan fingerprint density at radius 1 is 1.16 bits per heavy atom. The molecular formula is C19H25FN4O. The summed E-state index contributed by atoms with van der Waals surface area (Å²) in [6, 6.07) is 6.66. The fourth-order valence-electron chi connectivity index (χ4n) is 4.31. The molecule has 2 heterocycles. The van der Waals surface area contributed by atoms with Gasteiger partial charge in [0.2, 0.25) is 0 Å². The van der Waals surface area contributed by atoms with Crippen LogP contribution in [-0.4, -0.2) is 36.6 Å². The lowest BCUT2D eigenvalue weighted by Crippen LogP contribution is -2.49. The maximum absolute atomic E-state index is 13.9. The minimum atomic E-state index is -0.467. The third-order valence-electron chi connectivity index (χ3n) is 5.61. The normalized spacial score (nSPS) is 22.3. The van der Waals surface area contributed by atoms with Gasteiger partial charge in [0.05, 0.1) is 5.69 Å². The van der Waals surface area contributed by atoms with E-state index in [-0.39, 0.29) is 17.6 Å². The van der Waals surface area contributed by atoms with E-state index in [0.29, 0.717) is 11.6 Å². The van der Waals surface area contributed by atoms with Gasteiger partial charge in [0, 0.05) is 25.7 Å². The lowest BCUT2D eigenvalue weighted by molar-refractivity contribution is 0.143. The van der Waals surface area contributed by atoms with Gasteiger partial charge in [0.1, 0.15) is 17.4 Å². The first-order valence-corrected chi connectivity index (χ1v) is 9.11. The van der Waals surface area contributed by atoms with Crippen molar-refractivity contribution in [3.05, 3.63) is 29.6 Å². The van der Waals surface area contributed by atoms with Crippen LogP contribution in [-0.2, 0) is 0 Å². The smallest absolute Gasteiger partial charge is 0.315 e. The molecule has 2 saturated heterocycles. The van der Waals surface area contributed by atoms with Crippen LogP contribution in [0.1, 0.15) is 44.1 Å². The highest BCUT2D eigenvalue weighted by Crippen LogP contribution is 2.33. The predicted molar refractivity (Wildman–Crippen MR) is 94.6 cm³/mol. The van der Waals surface area contributed by atoms with Crippen molar-refractivity contribution < 1.29 is 9.18 Å². The Morgan fingerprint density at radius 2 is 1.92 bits per heavy atom. The number of carbonyl (C=O) groups is 1. The summed E-state index contributed by atoms with van der Waals surface area (Å²) in [6.07, 6.45) is 6.17. The van der Waals surface area contributed by atoms with Crippen LogP contribution in [0.4, 0.5) is 14.9 Å². The first kappa shape index (κ1) is 17.5. The van der Waals surface area contributed by atoms with E-state index in [0.717, 1.165) is 58.2 Å². The molecule has 0 saturated carbocycles. The van der Waals surface area contributed by atoms with Crippen molar-refractivity contribution in [2.45, 2.75) is 44.6 Å². The second-order valence-electron chi connectivity index (χ2n) is 7.02. The number of hydrogen-bond acceptors (Lipinski definition) is 3. The maximum atomic E-state index is 13.9. The van der Waals surface area contributed by atoms with E-state index in [1.165, 1.54) is 6.07 Å². The summed E-state index contributed by atoms with van der Waals surface area (Å²) in [6.45, 7) is 2.29. The van der Waals surface area contributed by atoms with Gasteiger partial charge < -0.3 is 15.5 Å². The number of urea groups is 1. The molecule has 6 heteroatoms. The summed E-state index contributed by atoms with van der Waals surface area (Å²) < 4.78 is 13.9. The molecule has 2 N–H and O–H groups in total. The zero-order valence-corrected chi connectivity index (χ0v) is 14.5. The summed E-state index contributed by atoms with van der Waals surface area (Å²) >= 11 is 0. The molecule has 5 nitrogen and oxygen atoms in total. The maximum Gasteiger partial charge on any atom is 0.315 e. The van der Waals surface area contributed by atoms with Crippen LogP contribution < -0.4 is 10.6 Å². The molecule has 134 valence electrons. The molecule has 3 rings (SSSR count). The molecule has 0 aliphatic carbocycles. The number of rotatable bonds is 2. The van der Waals surface area contributed by atoms with E-state index in [4.69, 9.17) is 5.73 Å². The highest BCUT2D eigenvalue weighted by molar-refractivity contribution is 5.72. The van der Waals surface area contributed by atoms with Crippen LogP contribution in [0.2, 0.25) is 0 Å². The number of benzene rings is 1. The van der Waals surface area contributed by atoms with Crippen LogP contribution in [0.5, 0.6) is 0 Å². The highest BCUT2D eigenvalue weighted by atomic mass is 19.1. The van der Waals surface area contributed by atoms with Crippen molar-refractivity contribution >= 4 is 11.7 Å². The highest BCUT2D eigenvalue weighted by Gasteiger charge is 2.33. The summed E-state index contributed by atoms with van der Waals surface area (Å²) in [4.78, 5) is 15.8. The molecule has 2 aliphatic rings. The number of likely N-dealkylation sites (tertiary alicyclic amines) is 1. The van der Waals surface area contributed by atoms with Gasteiger partial charge >= 0.3 is 6.03 Å². The number of piperidine rings is 1. The van der Waals surface area contributed by atoms with Gasteiger partial charge in [-0.05, 0) is 43.7 Å². The zero-order valence-electron chi connectivity index (χ0n) is 14.5. The fraction of sp³-hybridized carbons (Fsp3) is 0.579. The standard InChI is InChI=1S/C19H25FN4O/c20-16-5-4-7-18(15(16)13-21)23-11-8-14(9-12-23)17-6-2-1-3-10-24(17)19(22)25/h4-5,7,14,17H,1-3,6,8-12H2,(H2,22,25). The van der Waals surface area contributed by atoms with Crippen molar-refractivity contribution in [1.82, 2.24) is 4.90 Å². The average molecular weight is 344 g/mol. The van der Waals surface area contributed by atoms with Crippen LogP contribution in [0.25, 0.3) is 0 Å². The number of nitrogens with zero attached hydrogens (tertiary/aromatic N) is 3. The van der Waals surface area contributed by atoms with Crippen molar-refractivity contribution in [2.24, 2.45) is 11.7 Å². The third-order valence-corrected chi connectivity index (χ3v) is 5.61. The molecule has 2 fully saturated rings. The molecule has 2 amide bonds. The van der Waals surface area contributed by atoms with Gasteiger partial charge in [-0.1, -0.05) is 18.9 Å². The molecule has 1 aromatic rings. The van der Waals surface area contributed by atoms with Crippen molar-refractivity contribution in [3.63, 3.8) is 0 Å². The number of carbonyl (C=O) groups excluding carboxylic acids is 1. The Kier molecular flexibility index (Phi) is 5.42. The van der Waals surface area contributed by atoms with E-state index in [1.54, 1.807) is 6.07 Å². The average Bonchev–Trinajstić information content (AvgIpc) is 2.88. The number of halogens is 1. The van der Waals surface area contributed by atoms with E-state index in [1.807, 2.05) is 17.0 Å². The van der Waals surface area contributed by atoms with Gasteiger partial charge in [0.25, 0.3) is 0 Å². The van der Waals surface area contributed by atoms with E-state index < -0.39 is 5.82 Å². The van der Waals surface area contributed by atoms with Crippen LogP contribution in [0.15, 0.2) is 18.2 Å². The summed E-state index contributed by atoms with van der Waals surface area (Å²) in [7, 11) is 0. The lowest BCUT2D eigenvalue weighted by Gasteiger charge is -2.41. The fourth-order valence-corrected chi connectivity index (χ4v) is 4.31.